The quantitative estimate of drug-likeness (QED) is 0.894. The predicted molar refractivity (Wildman–Crippen MR) is 84.0 cm³/mol. The molecule has 19 heavy (non-hydrogen) atoms. The van der Waals surface area contributed by atoms with Crippen molar-refractivity contribution in [1.82, 2.24) is 5.32 Å². The first kappa shape index (κ1) is 14.4. The lowest BCUT2D eigenvalue weighted by molar-refractivity contribution is 0.286. The molecule has 0 aromatic heterocycles. The molecule has 2 heteroatoms. The Kier molecular flexibility index (Phi) is 4.19. The van der Waals surface area contributed by atoms with Crippen LogP contribution in [0.5, 0.6) is 0 Å². The number of rotatable bonds is 3. The SMILES string of the molecule is CNCC1CCC(C)(C)N(c2ccc(C)cc2C)C1. The highest BCUT2D eigenvalue weighted by Gasteiger charge is 2.34. The molecule has 1 aromatic rings. The van der Waals surface area contributed by atoms with Crippen LogP contribution >= 0.6 is 0 Å². The average molecular weight is 260 g/mol. The van der Waals surface area contributed by atoms with E-state index in [0.717, 1.165) is 19.0 Å². The van der Waals surface area contributed by atoms with E-state index >= 15 is 0 Å². The molecule has 1 saturated heterocycles. The summed E-state index contributed by atoms with van der Waals surface area (Å²) in [7, 11) is 2.06. The Morgan fingerprint density at radius 3 is 2.68 bits per heavy atom. The maximum atomic E-state index is 3.33. The van der Waals surface area contributed by atoms with Crippen molar-refractivity contribution in [1.29, 1.82) is 0 Å². The summed E-state index contributed by atoms with van der Waals surface area (Å²) in [5.41, 5.74) is 4.43. The Bertz CT molecular complexity index is 437. The van der Waals surface area contributed by atoms with E-state index in [2.05, 4.69) is 63.2 Å². The topological polar surface area (TPSA) is 15.3 Å². The minimum absolute atomic E-state index is 0.268. The highest BCUT2D eigenvalue weighted by atomic mass is 15.2. The van der Waals surface area contributed by atoms with Crippen molar-refractivity contribution in [3.8, 4) is 0 Å². The van der Waals surface area contributed by atoms with Gasteiger partial charge >= 0.3 is 0 Å². The van der Waals surface area contributed by atoms with Crippen LogP contribution in [-0.2, 0) is 0 Å². The van der Waals surface area contributed by atoms with Crippen molar-refractivity contribution >= 4 is 5.69 Å². The van der Waals surface area contributed by atoms with Gasteiger partial charge in [-0.1, -0.05) is 17.7 Å². The maximum absolute atomic E-state index is 3.33. The number of nitrogens with one attached hydrogen (secondary N) is 1. The van der Waals surface area contributed by atoms with E-state index in [4.69, 9.17) is 0 Å². The highest BCUT2D eigenvalue weighted by Crippen LogP contribution is 2.36. The third-order valence-electron chi connectivity index (χ3n) is 4.47. The van der Waals surface area contributed by atoms with E-state index < -0.39 is 0 Å². The van der Waals surface area contributed by atoms with Gasteiger partial charge in [0.25, 0.3) is 0 Å². The Labute approximate surface area is 118 Å². The van der Waals surface area contributed by atoms with Crippen LogP contribution in [-0.4, -0.2) is 25.7 Å². The zero-order valence-corrected chi connectivity index (χ0v) is 13.1. The number of nitrogens with zero attached hydrogens (tertiary/aromatic N) is 1. The lowest BCUT2D eigenvalue weighted by Crippen LogP contribution is -2.52. The molecule has 0 bridgehead atoms. The van der Waals surface area contributed by atoms with Crippen molar-refractivity contribution in [3.63, 3.8) is 0 Å². The van der Waals surface area contributed by atoms with Gasteiger partial charge in [0, 0.05) is 17.8 Å². The molecule has 1 heterocycles. The minimum Gasteiger partial charge on any atom is -0.366 e. The van der Waals surface area contributed by atoms with E-state index in [9.17, 15) is 0 Å². The lowest BCUT2D eigenvalue weighted by Gasteiger charge is -2.48. The molecule has 2 rings (SSSR count). The van der Waals surface area contributed by atoms with Crippen molar-refractivity contribution in [3.05, 3.63) is 29.3 Å². The monoisotopic (exact) mass is 260 g/mol. The van der Waals surface area contributed by atoms with Crippen LogP contribution in [0.2, 0.25) is 0 Å². The number of aryl methyl sites for hydroxylation is 2. The summed E-state index contributed by atoms with van der Waals surface area (Å²) in [6, 6.07) is 6.83. The second-order valence-electron chi connectivity index (χ2n) is 6.68. The molecular formula is C17H28N2. The standard InChI is InChI=1S/C17H28N2/c1-13-6-7-16(14(2)10-13)19-12-15(11-18-5)8-9-17(19,3)4/h6-7,10,15,18H,8-9,11-12H2,1-5H3. The Balaban J connectivity index is 2.27. The van der Waals surface area contributed by atoms with Crippen molar-refractivity contribution in [2.24, 2.45) is 5.92 Å². The molecule has 0 radical (unpaired) electrons. The third-order valence-corrected chi connectivity index (χ3v) is 4.47. The third kappa shape index (κ3) is 3.11. The van der Waals surface area contributed by atoms with Gasteiger partial charge < -0.3 is 10.2 Å². The lowest BCUT2D eigenvalue weighted by atomic mass is 9.83. The van der Waals surface area contributed by atoms with Gasteiger partial charge in [-0.15, -0.1) is 0 Å². The predicted octanol–water partition coefficient (Wildman–Crippen LogP) is 3.52. The Hall–Kier alpha value is -1.02. The normalized spacial score (nSPS) is 22.6. The van der Waals surface area contributed by atoms with Gasteiger partial charge in [0.2, 0.25) is 0 Å². The molecule has 1 aliphatic heterocycles. The highest BCUT2D eigenvalue weighted by molar-refractivity contribution is 5.56. The fraction of sp³-hybridized carbons (Fsp3) is 0.647. The smallest absolute Gasteiger partial charge is 0.0400 e. The number of hydrogen-bond donors (Lipinski definition) is 1. The zero-order chi connectivity index (χ0) is 14.0. The fourth-order valence-corrected chi connectivity index (χ4v) is 3.28. The second-order valence-corrected chi connectivity index (χ2v) is 6.68. The van der Waals surface area contributed by atoms with E-state index in [1.165, 1.54) is 29.7 Å². The maximum Gasteiger partial charge on any atom is 0.0400 e. The van der Waals surface area contributed by atoms with Gasteiger partial charge in [-0.05, 0) is 71.7 Å². The van der Waals surface area contributed by atoms with Crippen molar-refractivity contribution in [2.75, 3.05) is 25.0 Å². The van der Waals surface area contributed by atoms with Gasteiger partial charge in [0.05, 0.1) is 0 Å². The minimum atomic E-state index is 0.268. The molecule has 1 N–H and O–H groups in total. The molecule has 0 spiro atoms. The van der Waals surface area contributed by atoms with Crippen LogP contribution in [0.15, 0.2) is 18.2 Å². The number of piperidine rings is 1. The molecular weight excluding hydrogens is 232 g/mol. The average Bonchev–Trinajstić information content (AvgIpc) is 2.32. The van der Waals surface area contributed by atoms with Gasteiger partial charge in [-0.2, -0.15) is 0 Å². The summed E-state index contributed by atoms with van der Waals surface area (Å²) in [5, 5.41) is 3.33. The molecule has 0 aliphatic carbocycles. The Morgan fingerprint density at radius 2 is 2.05 bits per heavy atom. The molecule has 0 saturated carbocycles. The molecule has 1 atom stereocenters. The molecule has 1 aliphatic rings. The van der Waals surface area contributed by atoms with Crippen LogP contribution in [0.4, 0.5) is 5.69 Å². The van der Waals surface area contributed by atoms with Crippen LogP contribution < -0.4 is 10.2 Å². The summed E-state index contributed by atoms with van der Waals surface area (Å²) >= 11 is 0. The second kappa shape index (κ2) is 5.54. The van der Waals surface area contributed by atoms with Gasteiger partial charge in [-0.25, -0.2) is 0 Å². The molecule has 1 fully saturated rings. The van der Waals surface area contributed by atoms with Gasteiger partial charge in [0.1, 0.15) is 0 Å². The van der Waals surface area contributed by atoms with E-state index in [1.807, 2.05) is 0 Å². The van der Waals surface area contributed by atoms with Crippen molar-refractivity contribution < 1.29 is 0 Å². The van der Waals surface area contributed by atoms with Crippen molar-refractivity contribution in [2.45, 2.75) is 46.1 Å². The summed E-state index contributed by atoms with van der Waals surface area (Å²) in [4.78, 5) is 2.62. The summed E-state index contributed by atoms with van der Waals surface area (Å²) in [6.45, 7) is 11.4. The number of anilines is 1. The fourth-order valence-electron chi connectivity index (χ4n) is 3.28. The number of hydrogen-bond acceptors (Lipinski definition) is 2. The zero-order valence-electron chi connectivity index (χ0n) is 13.1. The largest absolute Gasteiger partial charge is 0.366 e. The summed E-state index contributed by atoms with van der Waals surface area (Å²) in [6.07, 6.45) is 2.60. The summed E-state index contributed by atoms with van der Waals surface area (Å²) < 4.78 is 0. The van der Waals surface area contributed by atoms with E-state index in [0.29, 0.717) is 0 Å². The number of benzene rings is 1. The molecule has 106 valence electrons. The molecule has 1 unspecified atom stereocenters. The molecule has 1 aromatic carbocycles. The van der Waals surface area contributed by atoms with E-state index in [-0.39, 0.29) is 5.54 Å². The van der Waals surface area contributed by atoms with E-state index in [1.54, 1.807) is 0 Å². The first-order valence-corrected chi connectivity index (χ1v) is 7.43. The van der Waals surface area contributed by atoms with Crippen LogP contribution in [0.1, 0.15) is 37.8 Å². The molecule has 0 amide bonds. The van der Waals surface area contributed by atoms with Gasteiger partial charge in [-0.3, -0.25) is 0 Å². The van der Waals surface area contributed by atoms with Crippen LogP contribution in [0.25, 0.3) is 0 Å². The Morgan fingerprint density at radius 1 is 1.32 bits per heavy atom. The summed E-state index contributed by atoms with van der Waals surface area (Å²) in [5.74, 6) is 0.763. The first-order valence-electron chi connectivity index (χ1n) is 7.43. The molecule has 2 nitrogen and oxygen atoms in total. The first-order chi connectivity index (χ1) is 8.94. The van der Waals surface area contributed by atoms with Crippen LogP contribution in [0.3, 0.4) is 0 Å². The van der Waals surface area contributed by atoms with Crippen LogP contribution in [0, 0.1) is 19.8 Å². The van der Waals surface area contributed by atoms with Gasteiger partial charge in [0.15, 0.2) is 0 Å².